The van der Waals surface area contributed by atoms with Gasteiger partial charge in [-0.15, -0.1) is 0 Å². The zero-order valence-corrected chi connectivity index (χ0v) is 12.2. The second kappa shape index (κ2) is 5.52. The van der Waals surface area contributed by atoms with Crippen LogP contribution in [0.2, 0.25) is 0 Å². The van der Waals surface area contributed by atoms with Gasteiger partial charge in [-0.05, 0) is 26.2 Å². The van der Waals surface area contributed by atoms with E-state index in [9.17, 15) is 4.79 Å². The van der Waals surface area contributed by atoms with Crippen molar-refractivity contribution < 1.29 is 9.53 Å². The van der Waals surface area contributed by atoms with Crippen LogP contribution in [0.25, 0.3) is 0 Å². The fraction of sp³-hybridized carbons (Fsp3) is 0.786. The van der Waals surface area contributed by atoms with Gasteiger partial charge in [0.05, 0.1) is 25.1 Å². The topological polar surface area (TPSA) is 60.2 Å². The number of carbonyl (C=O) groups excluding carboxylic acids is 1. The van der Waals surface area contributed by atoms with Crippen molar-refractivity contribution in [2.75, 3.05) is 13.2 Å². The quantitative estimate of drug-likeness (QED) is 0.814. The van der Waals surface area contributed by atoms with E-state index < -0.39 is 0 Å². The van der Waals surface area contributed by atoms with Crippen LogP contribution in [0.5, 0.6) is 0 Å². The van der Waals surface area contributed by atoms with E-state index in [-0.39, 0.29) is 17.9 Å². The maximum Gasteiger partial charge on any atom is 0.228 e. The lowest BCUT2D eigenvalue weighted by molar-refractivity contribution is -0.146. The van der Waals surface area contributed by atoms with Gasteiger partial charge in [0.2, 0.25) is 5.91 Å². The van der Waals surface area contributed by atoms with Gasteiger partial charge in [-0.3, -0.25) is 4.79 Å². The molecule has 0 saturated carbocycles. The Kier molecular flexibility index (Phi) is 3.74. The van der Waals surface area contributed by atoms with Gasteiger partial charge in [0.25, 0.3) is 0 Å². The molecule has 0 bridgehead atoms. The molecule has 2 atom stereocenters. The van der Waals surface area contributed by atoms with Gasteiger partial charge < -0.3 is 9.64 Å². The predicted molar refractivity (Wildman–Crippen MR) is 72.9 cm³/mol. The summed E-state index contributed by atoms with van der Waals surface area (Å²) >= 11 is 0. The maximum atomic E-state index is 12.7. The Morgan fingerprint density at radius 3 is 3.10 bits per heavy atom. The molecule has 0 spiro atoms. The summed E-state index contributed by atoms with van der Waals surface area (Å²) in [7, 11) is 0. The van der Waals surface area contributed by atoms with Gasteiger partial charge in [-0.2, -0.15) is 5.10 Å². The molecule has 1 fully saturated rings. The molecule has 1 aromatic rings. The van der Waals surface area contributed by atoms with Gasteiger partial charge in [-0.25, -0.2) is 9.67 Å². The minimum atomic E-state index is 0.0179. The summed E-state index contributed by atoms with van der Waals surface area (Å²) in [6.45, 7) is 6.81. The molecule has 1 saturated heterocycles. The first-order valence-electron chi connectivity index (χ1n) is 7.49. The van der Waals surface area contributed by atoms with Gasteiger partial charge in [0.1, 0.15) is 11.6 Å². The first kappa shape index (κ1) is 13.5. The Bertz CT molecular complexity index is 499. The molecule has 1 amide bonds. The maximum absolute atomic E-state index is 12.7. The molecule has 1 aromatic heterocycles. The monoisotopic (exact) mass is 278 g/mol. The SMILES string of the molecule is CCC1OCCCC1C(=O)N1CCn2nc(C)nc2C1. The Labute approximate surface area is 119 Å². The molecular weight excluding hydrogens is 256 g/mol. The van der Waals surface area contributed by atoms with E-state index in [2.05, 4.69) is 17.0 Å². The Hall–Kier alpha value is -1.43. The molecule has 0 aliphatic carbocycles. The summed E-state index contributed by atoms with van der Waals surface area (Å²) in [5.41, 5.74) is 0. The van der Waals surface area contributed by atoms with E-state index >= 15 is 0 Å². The normalized spacial score (nSPS) is 26.4. The van der Waals surface area contributed by atoms with Crippen molar-refractivity contribution in [2.45, 2.75) is 52.3 Å². The number of nitrogens with zero attached hydrogens (tertiary/aromatic N) is 4. The number of aryl methyl sites for hydroxylation is 1. The zero-order chi connectivity index (χ0) is 14.1. The first-order chi connectivity index (χ1) is 9.69. The second-order valence-electron chi connectivity index (χ2n) is 5.62. The van der Waals surface area contributed by atoms with Crippen LogP contribution in [-0.4, -0.2) is 44.8 Å². The fourth-order valence-corrected chi connectivity index (χ4v) is 3.21. The van der Waals surface area contributed by atoms with Crippen molar-refractivity contribution in [2.24, 2.45) is 5.92 Å². The molecule has 3 rings (SSSR count). The summed E-state index contributed by atoms with van der Waals surface area (Å²) in [6, 6.07) is 0. The van der Waals surface area contributed by atoms with Crippen LogP contribution in [0.4, 0.5) is 0 Å². The van der Waals surface area contributed by atoms with Crippen LogP contribution in [0.1, 0.15) is 37.8 Å². The molecule has 2 aliphatic rings. The molecule has 0 N–H and O–H groups in total. The van der Waals surface area contributed by atoms with Crippen LogP contribution >= 0.6 is 0 Å². The van der Waals surface area contributed by atoms with E-state index in [4.69, 9.17) is 4.74 Å². The number of rotatable bonds is 2. The van der Waals surface area contributed by atoms with Crippen molar-refractivity contribution in [3.63, 3.8) is 0 Å². The van der Waals surface area contributed by atoms with Gasteiger partial charge >= 0.3 is 0 Å². The van der Waals surface area contributed by atoms with Crippen LogP contribution in [0.3, 0.4) is 0 Å². The highest BCUT2D eigenvalue weighted by Gasteiger charge is 2.35. The fourth-order valence-electron chi connectivity index (χ4n) is 3.21. The van der Waals surface area contributed by atoms with Crippen molar-refractivity contribution in [3.8, 4) is 0 Å². The third-order valence-electron chi connectivity index (χ3n) is 4.24. The molecule has 3 heterocycles. The molecule has 110 valence electrons. The number of hydrogen-bond donors (Lipinski definition) is 0. The van der Waals surface area contributed by atoms with E-state index in [0.717, 1.165) is 50.6 Å². The average molecular weight is 278 g/mol. The molecule has 20 heavy (non-hydrogen) atoms. The van der Waals surface area contributed by atoms with Crippen molar-refractivity contribution in [3.05, 3.63) is 11.6 Å². The summed E-state index contributed by atoms with van der Waals surface area (Å²) < 4.78 is 7.66. The van der Waals surface area contributed by atoms with Gasteiger partial charge in [0.15, 0.2) is 0 Å². The second-order valence-corrected chi connectivity index (χ2v) is 5.62. The third-order valence-corrected chi connectivity index (χ3v) is 4.24. The standard InChI is InChI=1S/C14H22N4O2/c1-3-12-11(5-4-8-20-12)14(19)17-6-7-18-13(9-17)15-10(2)16-18/h11-12H,3-9H2,1-2H3. The highest BCUT2D eigenvalue weighted by molar-refractivity contribution is 5.79. The highest BCUT2D eigenvalue weighted by Crippen LogP contribution is 2.26. The minimum Gasteiger partial charge on any atom is -0.377 e. The van der Waals surface area contributed by atoms with Crippen molar-refractivity contribution in [1.82, 2.24) is 19.7 Å². The minimum absolute atomic E-state index is 0.0179. The van der Waals surface area contributed by atoms with Gasteiger partial charge in [0, 0.05) is 13.2 Å². The first-order valence-corrected chi connectivity index (χ1v) is 7.49. The van der Waals surface area contributed by atoms with Crippen LogP contribution in [-0.2, 0) is 22.6 Å². The van der Waals surface area contributed by atoms with Crippen LogP contribution < -0.4 is 0 Å². The number of amides is 1. The summed E-state index contributed by atoms with van der Waals surface area (Å²) in [5, 5.41) is 4.33. The number of hydrogen-bond acceptors (Lipinski definition) is 4. The predicted octanol–water partition coefficient (Wildman–Crippen LogP) is 1.13. The lowest BCUT2D eigenvalue weighted by Crippen LogP contribution is -2.46. The largest absolute Gasteiger partial charge is 0.377 e. The Balaban J connectivity index is 1.71. The number of carbonyl (C=O) groups is 1. The van der Waals surface area contributed by atoms with Crippen molar-refractivity contribution in [1.29, 1.82) is 0 Å². The van der Waals surface area contributed by atoms with E-state index in [0.29, 0.717) is 6.54 Å². The van der Waals surface area contributed by atoms with E-state index in [1.54, 1.807) is 0 Å². The average Bonchev–Trinajstić information content (AvgIpc) is 2.85. The molecule has 2 unspecified atom stereocenters. The number of fused-ring (bicyclic) bond motifs is 1. The summed E-state index contributed by atoms with van der Waals surface area (Å²) in [4.78, 5) is 19.0. The van der Waals surface area contributed by atoms with E-state index in [1.165, 1.54) is 0 Å². The zero-order valence-electron chi connectivity index (χ0n) is 12.2. The van der Waals surface area contributed by atoms with Crippen LogP contribution in [0.15, 0.2) is 0 Å². The lowest BCUT2D eigenvalue weighted by atomic mass is 9.91. The highest BCUT2D eigenvalue weighted by atomic mass is 16.5. The van der Waals surface area contributed by atoms with Crippen LogP contribution in [0, 0.1) is 12.8 Å². The molecule has 2 aliphatic heterocycles. The number of aromatic nitrogens is 3. The van der Waals surface area contributed by atoms with Gasteiger partial charge in [-0.1, -0.05) is 6.92 Å². The smallest absolute Gasteiger partial charge is 0.228 e. The summed E-state index contributed by atoms with van der Waals surface area (Å²) in [5.74, 6) is 1.92. The lowest BCUT2D eigenvalue weighted by Gasteiger charge is -2.35. The van der Waals surface area contributed by atoms with E-state index in [1.807, 2.05) is 16.5 Å². The third kappa shape index (κ3) is 2.44. The summed E-state index contributed by atoms with van der Waals surface area (Å²) in [6.07, 6.45) is 2.91. The molecule has 6 heteroatoms. The molecule has 6 nitrogen and oxygen atoms in total. The molecule has 0 aromatic carbocycles. The molecular formula is C14H22N4O2. The number of ether oxygens (including phenoxy) is 1. The Morgan fingerprint density at radius 2 is 2.30 bits per heavy atom. The molecule has 0 radical (unpaired) electrons. The van der Waals surface area contributed by atoms with Crippen molar-refractivity contribution >= 4 is 5.91 Å². The Morgan fingerprint density at radius 1 is 1.45 bits per heavy atom.